The van der Waals surface area contributed by atoms with Crippen LogP contribution in [0.5, 0.6) is 0 Å². The summed E-state index contributed by atoms with van der Waals surface area (Å²) < 4.78 is 1.63. The minimum atomic E-state index is -0.220. The average Bonchev–Trinajstić information content (AvgIpc) is 3.23. The van der Waals surface area contributed by atoms with Gasteiger partial charge in [-0.05, 0) is 36.8 Å². The van der Waals surface area contributed by atoms with Crippen LogP contribution in [0.2, 0.25) is 0 Å². The van der Waals surface area contributed by atoms with E-state index in [1.54, 1.807) is 40.7 Å². The van der Waals surface area contributed by atoms with Gasteiger partial charge in [0.1, 0.15) is 17.0 Å². The van der Waals surface area contributed by atoms with Crippen LogP contribution in [0.3, 0.4) is 0 Å². The van der Waals surface area contributed by atoms with Crippen LogP contribution < -0.4 is 11.1 Å². The molecule has 0 radical (unpaired) electrons. The fourth-order valence-electron chi connectivity index (χ4n) is 4.58. The molecule has 4 rings (SSSR count). The second kappa shape index (κ2) is 10.8. The van der Waals surface area contributed by atoms with E-state index in [2.05, 4.69) is 24.1 Å². The summed E-state index contributed by atoms with van der Waals surface area (Å²) in [5, 5.41) is 2.58. The predicted octanol–water partition coefficient (Wildman–Crippen LogP) is 3.48. The third-order valence-electron chi connectivity index (χ3n) is 6.51. The van der Waals surface area contributed by atoms with E-state index >= 15 is 0 Å². The Hall–Kier alpha value is -2.41. The van der Waals surface area contributed by atoms with Gasteiger partial charge in [0.2, 0.25) is 0 Å². The van der Waals surface area contributed by atoms with Crippen molar-refractivity contribution in [3.8, 4) is 0 Å². The van der Waals surface area contributed by atoms with Crippen molar-refractivity contribution in [1.29, 1.82) is 0 Å². The van der Waals surface area contributed by atoms with Gasteiger partial charge in [0, 0.05) is 32.4 Å². The molecule has 1 saturated carbocycles. The van der Waals surface area contributed by atoms with Crippen LogP contribution >= 0.6 is 0 Å². The van der Waals surface area contributed by atoms with Gasteiger partial charge in [-0.25, -0.2) is 4.98 Å². The highest BCUT2D eigenvalue weighted by atomic mass is 16.2. The van der Waals surface area contributed by atoms with Crippen LogP contribution in [-0.2, 0) is 0 Å². The van der Waals surface area contributed by atoms with E-state index in [1.807, 2.05) is 0 Å². The molecule has 3 heterocycles. The number of rotatable bonds is 3. The summed E-state index contributed by atoms with van der Waals surface area (Å²) in [5.74, 6) is 1.63. The van der Waals surface area contributed by atoms with Crippen molar-refractivity contribution in [3.63, 3.8) is 0 Å². The van der Waals surface area contributed by atoms with E-state index in [0.29, 0.717) is 30.1 Å². The lowest BCUT2D eigenvalue weighted by Gasteiger charge is -2.30. The van der Waals surface area contributed by atoms with Crippen molar-refractivity contribution < 1.29 is 9.59 Å². The van der Waals surface area contributed by atoms with Crippen molar-refractivity contribution in [2.45, 2.75) is 64.8 Å². The van der Waals surface area contributed by atoms with Crippen molar-refractivity contribution in [2.24, 2.45) is 17.6 Å². The number of imidazole rings is 1. The number of carbonyl (C=O) groups is 2. The Bertz CT molecular complexity index is 885. The summed E-state index contributed by atoms with van der Waals surface area (Å²) in [6, 6.07) is 5.23. The van der Waals surface area contributed by atoms with Crippen LogP contribution in [-0.4, -0.2) is 52.3 Å². The maximum atomic E-state index is 12.6. The number of fused-ring (bicyclic) bond motifs is 1. The molecule has 2 amide bonds. The quantitative estimate of drug-likeness (QED) is 0.784. The minimum Gasteiger partial charge on any atom is -0.354 e. The van der Waals surface area contributed by atoms with Gasteiger partial charge >= 0.3 is 0 Å². The van der Waals surface area contributed by atoms with Gasteiger partial charge < -0.3 is 16.0 Å². The minimum absolute atomic E-state index is 0.0242. The van der Waals surface area contributed by atoms with Crippen molar-refractivity contribution >= 4 is 17.5 Å². The van der Waals surface area contributed by atoms with Crippen molar-refractivity contribution in [2.75, 3.05) is 20.1 Å². The van der Waals surface area contributed by atoms with E-state index in [0.717, 1.165) is 24.7 Å². The molecule has 7 heteroatoms. The molecule has 1 aliphatic heterocycles. The van der Waals surface area contributed by atoms with E-state index in [9.17, 15) is 9.59 Å². The number of aromatic nitrogens is 2. The van der Waals surface area contributed by atoms with Crippen molar-refractivity contribution in [3.05, 3.63) is 35.8 Å². The monoisotopic (exact) mass is 427 g/mol. The average molecular weight is 428 g/mol. The van der Waals surface area contributed by atoms with Gasteiger partial charge in [-0.2, -0.15) is 0 Å². The fourth-order valence-corrected chi connectivity index (χ4v) is 4.58. The topological polar surface area (TPSA) is 92.7 Å². The van der Waals surface area contributed by atoms with Crippen LogP contribution in [0, 0.1) is 11.8 Å². The molecular weight excluding hydrogens is 390 g/mol. The Balaban J connectivity index is 0.000000254. The number of pyridine rings is 1. The summed E-state index contributed by atoms with van der Waals surface area (Å²) in [5.41, 5.74) is 7.28. The molecule has 0 bridgehead atoms. The number of nitrogens with zero attached hydrogens (tertiary/aromatic N) is 3. The number of carbonyl (C=O) groups excluding carboxylic acids is 2. The summed E-state index contributed by atoms with van der Waals surface area (Å²) in [6.45, 7) is 5.96. The first kappa shape index (κ1) is 23.3. The van der Waals surface area contributed by atoms with Gasteiger partial charge in [-0.1, -0.05) is 52.0 Å². The Kier molecular flexibility index (Phi) is 8.07. The number of likely N-dealkylation sites (tertiary alicyclic amines) is 1. The molecule has 0 aromatic carbocycles. The molecule has 170 valence electrons. The third-order valence-corrected chi connectivity index (χ3v) is 6.51. The highest BCUT2D eigenvalue weighted by Crippen LogP contribution is 2.29. The molecule has 0 spiro atoms. The number of nitrogens with one attached hydrogen (secondary N) is 1. The Morgan fingerprint density at radius 3 is 2.48 bits per heavy atom. The molecule has 1 saturated heterocycles. The largest absolute Gasteiger partial charge is 0.354 e. The fraction of sp³-hybridized carbons (Fsp3) is 0.625. The lowest BCUT2D eigenvalue weighted by molar-refractivity contribution is 0.0703. The first-order valence-corrected chi connectivity index (χ1v) is 11.7. The molecule has 7 nitrogen and oxygen atoms in total. The van der Waals surface area contributed by atoms with Crippen LogP contribution in [0.25, 0.3) is 5.65 Å². The first-order valence-electron chi connectivity index (χ1n) is 11.7. The second-order valence-corrected chi connectivity index (χ2v) is 9.14. The summed E-state index contributed by atoms with van der Waals surface area (Å²) >= 11 is 0. The first-order chi connectivity index (χ1) is 14.9. The molecule has 1 atom stereocenters. The van der Waals surface area contributed by atoms with Crippen LogP contribution in [0.15, 0.2) is 24.4 Å². The molecule has 3 N–H and O–H groups in total. The molecule has 2 fully saturated rings. The number of hydrogen-bond acceptors (Lipinski definition) is 4. The Morgan fingerprint density at radius 2 is 1.87 bits per heavy atom. The van der Waals surface area contributed by atoms with E-state index in [-0.39, 0.29) is 17.9 Å². The Morgan fingerprint density at radius 1 is 1.13 bits per heavy atom. The molecule has 2 aromatic rings. The number of amides is 2. The molecule has 31 heavy (non-hydrogen) atoms. The highest BCUT2D eigenvalue weighted by molar-refractivity contribution is 5.95. The lowest BCUT2D eigenvalue weighted by Crippen LogP contribution is -2.45. The highest BCUT2D eigenvalue weighted by Gasteiger charge is 2.24. The summed E-state index contributed by atoms with van der Waals surface area (Å²) in [4.78, 5) is 30.5. The van der Waals surface area contributed by atoms with Crippen LogP contribution in [0.1, 0.15) is 79.8 Å². The van der Waals surface area contributed by atoms with E-state index in [1.165, 1.54) is 32.1 Å². The number of piperidine rings is 1. The number of nitrogens with two attached hydrogens (primary N) is 1. The molecule has 1 aliphatic carbocycles. The zero-order valence-corrected chi connectivity index (χ0v) is 19.1. The summed E-state index contributed by atoms with van der Waals surface area (Å²) in [7, 11) is 1.57. The predicted molar refractivity (Wildman–Crippen MR) is 123 cm³/mol. The van der Waals surface area contributed by atoms with Gasteiger partial charge in [-0.3, -0.25) is 14.0 Å². The van der Waals surface area contributed by atoms with E-state index < -0.39 is 0 Å². The molecule has 1 unspecified atom stereocenters. The normalized spacial score (nSPS) is 19.8. The molecular formula is C24H37N5O2. The van der Waals surface area contributed by atoms with Crippen molar-refractivity contribution in [1.82, 2.24) is 19.6 Å². The SMILES string of the molecule is CC(C)C1CCCCC1.CNC(=O)c1cccc2nc(C(=O)N3CCCC(N)C3)cn12. The smallest absolute Gasteiger partial charge is 0.274 e. The maximum absolute atomic E-state index is 12.6. The van der Waals surface area contributed by atoms with Gasteiger partial charge in [0.25, 0.3) is 11.8 Å². The standard InChI is InChI=1S/C15H19N5O2.C9H18/c1-17-14(21)12-5-2-6-13-18-11(9-20(12)13)15(22)19-7-3-4-10(16)8-19;1-8(2)9-6-4-3-5-7-9/h2,5-6,9-10H,3-4,7-8,16H2,1H3,(H,17,21);8-9H,3-7H2,1-2H3. The lowest BCUT2D eigenvalue weighted by atomic mass is 9.82. The zero-order valence-electron chi connectivity index (χ0n) is 19.1. The van der Waals surface area contributed by atoms with E-state index in [4.69, 9.17) is 5.73 Å². The molecule has 2 aromatic heterocycles. The number of hydrogen-bond donors (Lipinski definition) is 2. The summed E-state index contributed by atoms with van der Waals surface area (Å²) in [6.07, 6.45) is 10.9. The van der Waals surface area contributed by atoms with Crippen LogP contribution in [0.4, 0.5) is 0 Å². The zero-order chi connectivity index (χ0) is 22.4. The maximum Gasteiger partial charge on any atom is 0.274 e. The van der Waals surface area contributed by atoms with Gasteiger partial charge in [0.05, 0.1) is 0 Å². The van der Waals surface area contributed by atoms with Gasteiger partial charge in [-0.15, -0.1) is 0 Å². The third kappa shape index (κ3) is 5.85. The second-order valence-electron chi connectivity index (χ2n) is 9.14. The van der Waals surface area contributed by atoms with Gasteiger partial charge in [0.15, 0.2) is 0 Å². The Labute approximate surface area is 185 Å². The molecule has 2 aliphatic rings.